The number of halogens is 7. The number of benzene rings is 3. The lowest BCUT2D eigenvalue weighted by molar-refractivity contribution is -0.274. The Morgan fingerprint density at radius 1 is 0.943 bits per heavy atom. The Labute approximate surface area is 199 Å². The van der Waals surface area contributed by atoms with Crippen molar-refractivity contribution >= 4 is 29.1 Å². The van der Waals surface area contributed by atoms with Crippen LogP contribution in [0.1, 0.15) is 15.9 Å². The second-order valence-electron chi connectivity index (χ2n) is 7.12. The second kappa shape index (κ2) is 10.7. The summed E-state index contributed by atoms with van der Waals surface area (Å²) in [6.45, 7) is -1.20. The van der Waals surface area contributed by atoms with Gasteiger partial charge < -0.3 is 15.0 Å². The van der Waals surface area contributed by atoms with Crippen LogP contribution in [0.4, 0.5) is 32.0 Å². The van der Waals surface area contributed by atoms with Crippen LogP contribution in [-0.2, 0) is 11.3 Å². The molecule has 2 amide bonds. The molecule has 0 radical (unpaired) electrons. The number of hydrogen-bond donors (Lipinski definition) is 1. The summed E-state index contributed by atoms with van der Waals surface area (Å²) in [5, 5.41) is 2.13. The van der Waals surface area contributed by atoms with Gasteiger partial charge >= 0.3 is 6.36 Å². The minimum atomic E-state index is -4.94. The van der Waals surface area contributed by atoms with Gasteiger partial charge in [0.25, 0.3) is 5.91 Å². The highest BCUT2D eigenvalue weighted by molar-refractivity contribution is 6.31. The molecular weight excluding hydrogens is 502 g/mol. The molecule has 3 aromatic rings. The number of nitrogens with zero attached hydrogens (tertiary/aromatic N) is 1. The number of carbonyl (C=O) groups is 2. The highest BCUT2D eigenvalue weighted by Gasteiger charge is 2.31. The molecular formula is C23H15ClF6N2O3. The van der Waals surface area contributed by atoms with E-state index in [1.165, 1.54) is 18.2 Å². The summed E-state index contributed by atoms with van der Waals surface area (Å²) < 4.78 is 82.1. The molecule has 0 aromatic heterocycles. The molecule has 0 aliphatic heterocycles. The van der Waals surface area contributed by atoms with Gasteiger partial charge in [-0.3, -0.25) is 9.59 Å². The minimum absolute atomic E-state index is 0.111. The molecule has 0 aliphatic carbocycles. The molecule has 3 rings (SSSR count). The number of rotatable bonds is 7. The molecule has 0 heterocycles. The predicted octanol–water partition coefficient (Wildman–Crippen LogP) is 5.94. The van der Waals surface area contributed by atoms with Crippen molar-refractivity contribution in [3.05, 3.63) is 94.3 Å². The van der Waals surface area contributed by atoms with Crippen LogP contribution in [0.25, 0.3) is 0 Å². The van der Waals surface area contributed by atoms with E-state index in [-0.39, 0.29) is 21.8 Å². The Kier molecular flexibility index (Phi) is 7.90. The molecule has 0 unspecified atom stereocenters. The summed E-state index contributed by atoms with van der Waals surface area (Å²) in [5.74, 6) is -5.35. The number of nitrogens with one attached hydrogen (secondary N) is 1. The monoisotopic (exact) mass is 516 g/mol. The van der Waals surface area contributed by atoms with Gasteiger partial charge in [-0.05, 0) is 48.5 Å². The van der Waals surface area contributed by atoms with Crippen LogP contribution in [-0.4, -0.2) is 29.6 Å². The van der Waals surface area contributed by atoms with E-state index in [1.807, 2.05) is 0 Å². The van der Waals surface area contributed by atoms with Crippen molar-refractivity contribution in [2.75, 3.05) is 11.9 Å². The SMILES string of the molecule is O=C(CN(Cc1cccc(F)c1F)C(=O)c1ccc(OC(F)(F)F)cc1)Nc1ccc(F)c(Cl)c1. The van der Waals surface area contributed by atoms with Crippen molar-refractivity contribution in [3.8, 4) is 5.75 Å². The number of alkyl halides is 3. The van der Waals surface area contributed by atoms with Crippen molar-refractivity contribution in [2.24, 2.45) is 0 Å². The van der Waals surface area contributed by atoms with E-state index in [2.05, 4.69) is 10.1 Å². The Morgan fingerprint density at radius 3 is 2.26 bits per heavy atom. The zero-order valence-corrected chi connectivity index (χ0v) is 18.3. The average Bonchev–Trinajstić information content (AvgIpc) is 2.78. The Morgan fingerprint density at radius 2 is 1.63 bits per heavy atom. The van der Waals surface area contributed by atoms with E-state index in [4.69, 9.17) is 11.6 Å². The van der Waals surface area contributed by atoms with E-state index in [0.717, 1.165) is 47.4 Å². The number of amides is 2. The van der Waals surface area contributed by atoms with Gasteiger partial charge in [0.05, 0.1) is 5.02 Å². The number of ether oxygens (including phenoxy) is 1. The van der Waals surface area contributed by atoms with Crippen LogP contribution in [0.15, 0.2) is 60.7 Å². The molecule has 1 N–H and O–H groups in total. The minimum Gasteiger partial charge on any atom is -0.406 e. The number of hydrogen-bond acceptors (Lipinski definition) is 3. The molecule has 5 nitrogen and oxygen atoms in total. The fourth-order valence-corrected chi connectivity index (χ4v) is 3.19. The average molecular weight is 517 g/mol. The fourth-order valence-electron chi connectivity index (χ4n) is 3.01. The van der Waals surface area contributed by atoms with Gasteiger partial charge in [0.2, 0.25) is 5.91 Å². The molecule has 0 fully saturated rings. The maximum absolute atomic E-state index is 14.2. The van der Waals surface area contributed by atoms with Crippen molar-refractivity contribution < 1.29 is 40.7 Å². The second-order valence-corrected chi connectivity index (χ2v) is 7.53. The van der Waals surface area contributed by atoms with Crippen LogP contribution < -0.4 is 10.1 Å². The van der Waals surface area contributed by atoms with Crippen LogP contribution in [0, 0.1) is 17.5 Å². The standard InChI is InChI=1S/C23H15ClF6N2O3/c24-17-10-15(6-9-18(17)25)31-20(33)12-32(11-14-2-1-3-19(26)21(14)27)22(34)13-4-7-16(8-5-13)35-23(28,29)30/h1-10H,11-12H2,(H,31,33). The first-order valence-electron chi connectivity index (χ1n) is 9.76. The van der Waals surface area contributed by atoms with Crippen molar-refractivity contribution in [2.45, 2.75) is 12.9 Å². The predicted molar refractivity (Wildman–Crippen MR) is 114 cm³/mol. The lowest BCUT2D eigenvalue weighted by atomic mass is 10.1. The summed E-state index contributed by atoms with van der Waals surface area (Å²) in [7, 11) is 0. The zero-order chi connectivity index (χ0) is 25.8. The third-order valence-corrected chi connectivity index (χ3v) is 4.84. The van der Waals surface area contributed by atoms with Gasteiger partial charge in [0.1, 0.15) is 18.1 Å². The van der Waals surface area contributed by atoms with Gasteiger partial charge in [-0.25, -0.2) is 13.2 Å². The molecule has 0 atom stereocenters. The van der Waals surface area contributed by atoms with E-state index < -0.39 is 54.5 Å². The first-order chi connectivity index (χ1) is 16.4. The molecule has 0 aliphatic rings. The number of anilines is 1. The quantitative estimate of drug-likeness (QED) is 0.396. The maximum atomic E-state index is 14.2. The summed E-state index contributed by atoms with van der Waals surface area (Å²) in [6.07, 6.45) is -4.94. The summed E-state index contributed by atoms with van der Waals surface area (Å²) >= 11 is 5.68. The van der Waals surface area contributed by atoms with Crippen LogP contribution in [0.2, 0.25) is 5.02 Å². The highest BCUT2D eigenvalue weighted by atomic mass is 35.5. The number of carbonyl (C=O) groups excluding carboxylic acids is 2. The van der Waals surface area contributed by atoms with Gasteiger partial charge in [-0.15, -0.1) is 13.2 Å². The summed E-state index contributed by atoms with van der Waals surface area (Å²) in [5.41, 5.74) is -0.277. The summed E-state index contributed by atoms with van der Waals surface area (Å²) in [4.78, 5) is 26.4. The lowest BCUT2D eigenvalue weighted by Crippen LogP contribution is -2.38. The maximum Gasteiger partial charge on any atom is 0.573 e. The van der Waals surface area contributed by atoms with Crippen LogP contribution >= 0.6 is 11.6 Å². The largest absolute Gasteiger partial charge is 0.573 e. The third kappa shape index (κ3) is 7.12. The highest BCUT2D eigenvalue weighted by Crippen LogP contribution is 2.24. The van der Waals surface area contributed by atoms with Crippen molar-refractivity contribution in [1.82, 2.24) is 4.90 Å². The van der Waals surface area contributed by atoms with Gasteiger partial charge in [-0.2, -0.15) is 0 Å². The van der Waals surface area contributed by atoms with E-state index in [1.54, 1.807) is 0 Å². The molecule has 35 heavy (non-hydrogen) atoms. The first kappa shape index (κ1) is 25.9. The smallest absolute Gasteiger partial charge is 0.406 e. The first-order valence-corrected chi connectivity index (χ1v) is 10.1. The van der Waals surface area contributed by atoms with Gasteiger partial charge in [-0.1, -0.05) is 23.7 Å². The van der Waals surface area contributed by atoms with Crippen LogP contribution in [0.3, 0.4) is 0 Å². The third-order valence-electron chi connectivity index (χ3n) is 4.55. The van der Waals surface area contributed by atoms with Crippen LogP contribution in [0.5, 0.6) is 5.75 Å². The molecule has 0 saturated carbocycles. The van der Waals surface area contributed by atoms with Crippen molar-refractivity contribution in [3.63, 3.8) is 0 Å². The Bertz CT molecular complexity index is 1230. The molecule has 0 spiro atoms. The molecule has 12 heteroatoms. The lowest BCUT2D eigenvalue weighted by Gasteiger charge is -2.23. The van der Waals surface area contributed by atoms with Crippen molar-refractivity contribution in [1.29, 1.82) is 0 Å². The Balaban J connectivity index is 1.84. The Hall–Kier alpha value is -3.73. The zero-order valence-electron chi connectivity index (χ0n) is 17.5. The molecule has 0 bridgehead atoms. The van der Waals surface area contributed by atoms with E-state index >= 15 is 0 Å². The molecule has 3 aromatic carbocycles. The topological polar surface area (TPSA) is 58.6 Å². The fraction of sp³-hybridized carbons (Fsp3) is 0.130. The van der Waals surface area contributed by atoms with Gasteiger partial charge in [0, 0.05) is 23.4 Å². The van der Waals surface area contributed by atoms with E-state index in [9.17, 15) is 35.9 Å². The van der Waals surface area contributed by atoms with Gasteiger partial charge in [0.15, 0.2) is 11.6 Å². The molecule has 0 saturated heterocycles. The summed E-state index contributed by atoms with van der Waals surface area (Å²) in [6, 6.07) is 10.5. The van der Waals surface area contributed by atoms with E-state index in [0.29, 0.717) is 0 Å². The molecule has 184 valence electrons. The normalized spacial score (nSPS) is 11.2.